The number of amides is 1. The molecule has 2 aromatic carbocycles. The first kappa shape index (κ1) is 16.0. The molecule has 1 aromatic heterocycles. The largest absolute Gasteiger partial charge is 0.361 e. The SMILES string of the molecule is CS(=O)(=O)Nc1cc(F)ccc1NC(=O)c1cccc2cc[nH]c12. The van der Waals surface area contributed by atoms with Crippen molar-refractivity contribution in [3.8, 4) is 0 Å². The van der Waals surface area contributed by atoms with E-state index in [2.05, 4.69) is 15.0 Å². The summed E-state index contributed by atoms with van der Waals surface area (Å²) in [5, 5.41) is 3.48. The number of sulfonamides is 1. The Kier molecular flexibility index (Phi) is 3.98. The van der Waals surface area contributed by atoms with Gasteiger partial charge in [0, 0.05) is 17.6 Å². The Bertz CT molecular complexity index is 1030. The second-order valence-corrected chi connectivity index (χ2v) is 7.01. The Balaban J connectivity index is 1.96. The predicted octanol–water partition coefficient (Wildman–Crippen LogP) is 2.93. The summed E-state index contributed by atoms with van der Waals surface area (Å²) in [7, 11) is -3.62. The van der Waals surface area contributed by atoms with Crippen LogP contribution in [0.3, 0.4) is 0 Å². The number of aromatic amines is 1. The van der Waals surface area contributed by atoms with Crippen LogP contribution >= 0.6 is 0 Å². The Labute approximate surface area is 137 Å². The number of para-hydroxylation sites is 1. The van der Waals surface area contributed by atoms with E-state index in [0.29, 0.717) is 11.1 Å². The summed E-state index contributed by atoms with van der Waals surface area (Å²) in [5.41, 5.74) is 1.18. The average Bonchev–Trinajstić information content (AvgIpc) is 2.96. The van der Waals surface area contributed by atoms with Crippen LogP contribution in [0.15, 0.2) is 48.7 Å². The molecule has 1 heterocycles. The maximum atomic E-state index is 13.4. The zero-order chi connectivity index (χ0) is 17.3. The molecule has 124 valence electrons. The number of benzene rings is 2. The molecule has 1 amide bonds. The normalized spacial score (nSPS) is 11.4. The number of hydrogen-bond acceptors (Lipinski definition) is 3. The van der Waals surface area contributed by atoms with Crippen molar-refractivity contribution in [3.63, 3.8) is 0 Å². The van der Waals surface area contributed by atoms with E-state index in [0.717, 1.165) is 23.8 Å². The molecule has 24 heavy (non-hydrogen) atoms. The molecule has 0 fully saturated rings. The minimum atomic E-state index is -3.62. The number of anilines is 2. The fourth-order valence-corrected chi connectivity index (χ4v) is 2.94. The summed E-state index contributed by atoms with van der Waals surface area (Å²) in [5.74, 6) is -1.06. The Morgan fingerprint density at radius 2 is 1.92 bits per heavy atom. The number of H-pyrrole nitrogens is 1. The molecule has 0 unspecified atom stereocenters. The average molecular weight is 347 g/mol. The van der Waals surface area contributed by atoms with Crippen molar-refractivity contribution in [1.82, 2.24) is 4.98 Å². The van der Waals surface area contributed by atoms with Gasteiger partial charge in [0.05, 0.1) is 28.7 Å². The minimum Gasteiger partial charge on any atom is -0.361 e. The Morgan fingerprint density at radius 1 is 1.12 bits per heavy atom. The monoisotopic (exact) mass is 347 g/mol. The molecule has 0 bridgehead atoms. The smallest absolute Gasteiger partial charge is 0.257 e. The van der Waals surface area contributed by atoms with E-state index in [4.69, 9.17) is 0 Å². The van der Waals surface area contributed by atoms with Gasteiger partial charge in [-0.3, -0.25) is 9.52 Å². The van der Waals surface area contributed by atoms with Gasteiger partial charge in [0.1, 0.15) is 5.82 Å². The second kappa shape index (κ2) is 5.97. The topological polar surface area (TPSA) is 91.1 Å². The highest BCUT2D eigenvalue weighted by molar-refractivity contribution is 7.92. The van der Waals surface area contributed by atoms with Crippen LogP contribution in [-0.4, -0.2) is 25.6 Å². The van der Waals surface area contributed by atoms with Crippen molar-refractivity contribution >= 4 is 38.2 Å². The third-order valence-electron chi connectivity index (χ3n) is 3.36. The minimum absolute atomic E-state index is 0.0375. The van der Waals surface area contributed by atoms with Crippen LogP contribution in [0.25, 0.3) is 10.9 Å². The predicted molar refractivity (Wildman–Crippen MR) is 91.1 cm³/mol. The molecule has 0 aliphatic heterocycles. The summed E-state index contributed by atoms with van der Waals surface area (Å²) in [6.45, 7) is 0. The van der Waals surface area contributed by atoms with Crippen molar-refractivity contribution in [3.05, 3.63) is 60.0 Å². The van der Waals surface area contributed by atoms with Gasteiger partial charge in [-0.1, -0.05) is 12.1 Å². The van der Waals surface area contributed by atoms with Crippen molar-refractivity contribution in [1.29, 1.82) is 0 Å². The lowest BCUT2D eigenvalue weighted by molar-refractivity contribution is 0.102. The maximum absolute atomic E-state index is 13.4. The molecular weight excluding hydrogens is 333 g/mol. The lowest BCUT2D eigenvalue weighted by atomic mass is 10.1. The molecule has 8 heteroatoms. The van der Waals surface area contributed by atoms with Crippen molar-refractivity contribution in [2.24, 2.45) is 0 Å². The highest BCUT2D eigenvalue weighted by Crippen LogP contribution is 2.25. The summed E-state index contributed by atoms with van der Waals surface area (Å²) < 4.78 is 38.4. The fraction of sp³-hybridized carbons (Fsp3) is 0.0625. The zero-order valence-corrected chi connectivity index (χ0v) is 13.4. The standard InChI is InChI=1S/C16H14FN3O3S/c1-24(22,23)20-14-9-11(17)5-6-13(14)19-16(21)12-4-2-3-10-7-8-18-15(10)12/h2-9,18,20H,1H3,(H,19,21). The van der Waals surface area contributed by atoms with Gasteiger partial charge in [0.2, 0.25) is 10.0 Å². The van der Waals surface area contributed by atoms with Crippen molar-refractivity contribution in [2.75, 3.05) is 16.3 Å². The molecule has 0 aliphatic rings. The first-order chi connectivity index (χ1) is 11.3. The first-order valence-corrected chi connectivity index (χ1v) is 8.87. The Morgan fingerprint density at radius 3 is 2.67 bits per heavy atom. The van der Waals surface area contributed by atoms with E-state index in [9.17, 15) is 17.6 Å². The van der Waals surface area contributed by atoms with Crippen LogP contribution in [0.1, 0.15) is 10.4 Å². The lowest BCUT2D eigenvalue weighted by Crippen LogP contribution is -2.16. The van der Waals surface area contributed by atoms with Gasteiger partial charge < -0.3 is 10.3 Å². The van der Waals surface area contributed by atoms with Gasteiger partial charge in [-0.2, -0.15) is 0 Å². The van der Waals surface area contributed by atoms with E-state index in [1.165, 1.54) is 6.07 Å². The van der Waals surface area contributed by atoms with Gasteiger partial charge in [0.25, 0.3) is 5.91 Å². The summed E-state index contributed by atoms with van der Waals surface area (Å²) >= 11 is 0. The first-order valence-electron chi connectivity index (χ1n) is 6.98. The molecule has 0 aliphatic carbocycles. The number of rotatable bonds is 4. The van der Waals surface area contributed by atoms with E-state index in [-0.39, 0.29) is 11.4 Å². The number of carbonyl (C=O) groups excluding carboxylic acids is 1. The van der Waals surface area contributed by atoms with E-state index < -0.39 is 21.7 Å². The molecule has 6 nitrogen and oxygen atoms in total. The van der Waals surface area contributed by atoms with Gasteiger partial charge in [-0.05, 0) is 24.3 Å². The van der Waals surface area contributed by atoms with Crippen molar-refractivity contribution < 1.29 is 17.6 Å². The molecule has 0 atom stereocenters. The summed E-state index contributed by atoms with van der Waals surface area (Å²) in [6, 6.07) is 10.5. The third-order valence-corrected chi connectivity index (χ3v) is 3.95. The second-order valence-electron chi connectivity index (χ2n) is 5.27. The quantitative estimate of drug-likeness (QED) is 0.678. The summed E-state index contributed by atoms with van der Waals surface area (Å²) in [6.07, 6.45) is 2.67. The van der Waals surface area contributed by atoms with Gasteiger partial charge in [-0.25, -0.2) is 12.8 Å². The van der Waals surface area contributed by atoms with Gasteiger partial charge in [-0.15, -0.1) is 0 Å². The number of carbonyl (C=O) groups is 1. The molecule has 3 rings (SSSR count). The summed E-state index contributed by atoms with van der Waals surface area (Å²) in [4.78, 5) is 15.5. The van der Waals surface area contributed by atoms with E-state index in [1.807, 2.05) is 12.1 Å². The van der Waals surface area contributed by atoms with Crippen LogP contribution in [-0.2, 0) is 10.0 Å². The molecule has 3 aromatic rings. The van der Waals surface area contributed by atoms with Crippen LogP contribution in [0.2, 0.25) is 0 Å². The number of fused-ring (bicyclic) bond motifs is 1. The lowest BCUT2D eigenvalue weighted by Gasteiger charge is -2.12. The van der Waals surface area contributed by atoms with Crippen LogP contribution in [0.4, 0.5) is 15.8 Å². The molecule has 0 spiro atoms. The van der Waals surface area contributed by atoms with Crippen LogP contribution in [0.5, 0.6) is 0 Å². The van der Waals surface area contributed by atoms with Crippen molar-refractivity contribution in [2.45, 2.75) is 0 Å². The highest BCUT2D eigenvalue weighted by Gasteiger charge is 2.15. The van der Waals surface area contributed by atoms with Crippen LogP contribution in [0, 0.1) is 5.82 Å². The molecule has 0 radical (unpaired) electrons. The number of aromatic nitrogens is 1. The number of halogens is 1. The third kappa shape index (κ3) is 3.38. The van der Waals surface area contributed by atoms with Gasteiger partial charge >= 0.3 is 0 Å². The fourth-order valence-electron chi connectivity index (χ4n) is 2.37. The number of nitrogens with one attached hydrogen (secondary N) is 3. The number of hydrogen-bond donors (Lipinski definition) is 3. The maximum Gasteiger partial charge on any atom is 0.257 e. The van der Waals surface area contributed by atoms with Crippen LogP contribution < -0.4 is 10.0 Å². The molecule has 3 N–H and O–H groups in total. The zero-order valence-electron chi connectivity index (χ0n) is 12.6. The molecule has 0 saturated carbocycles. The Hall–Kier alpha value is -2.87. The van der Waals surface area contributed by atoms with E-state index >= 15 is 0 Å². The highest BCUT2D eigenvalue weighted by atomic mass is 32.2. The van der Waals surface area contributed by atoms with E-state index in [1.54, 1.807) is 18.3 Å². The molecule has 0 saturated heterocycles. The molecular formula is C16H14FN3O3S. The van der Waals surface area contributed by atoms with Gasteiger partial charge in [0.15, 0.2) is 0 Å².